The molecule has 0 fully saturated rings. The lowest BCUT2D eigenvalue weighted by Gasteiger charge is -2.15. The first-order valence-corrected chi connectivity index (χ1v) is 7.31. The summed E-state index contributed by atoms with van der Waals surface area (Å²) < 4.78 is 0. The minimum absolute atomic E-state index is 0.212. The second-order valence-corrected chi connectivity index (χ2v) is 5.15. The zero-order valence-electron chi connectivity index (χ0n) is 12.4. The van der Waals surface area contributed by atoms with Gasteiger partial charge in [0.25, 0.3) is 5.91 Å². The van der Waals surface area contributed by atoms with Crippen molar-refractivity contribution < 1.29 is 10.0 Å². The number of nitrogens with zero attached hydrogens (tertiary/aromatic N) is 1. The van der Waals surface area contributed by atoms with E-state index in [1.54, 1.807) is 6.07 Å². The molecule has 0 saturated carbocycles. The van der Waals surface area contributed by atoms with Crippen LogP contribution in [-0.2, 0) is 0 Å². The molecule has 0 radical (unpaired) electrons. The van der Waals surface area contributed by atoms with Gasteiger partial charge >= 0.3 is 0 Å². The largest absolute Gasteiger partial charge is 0.411 e. The fourth-order valence-electron chi connectivity index (χ4n) is 2.58. The van der Waals surface area contributed by atoms with Gasteiger partial charge in [-0.2, -0.15) is 0 Å². The molecule has 0 aliphatic rings. The van der Waals surface area contributed by atoms with Gasteiger partial charge in [0.05, 0.1) is 12.3 Å². The first kappa shape index (κ1) is 14.8. The van der Waals surface area contributed by atoms with Crippen LogP contribution in [-0.4, -0.2) is 17.3 Å². The lowest BCUT2D eigenvalue weighted by atomic mass is 10.0. The number of nitrogens with one attached hydrogen (secondary N) is 1. The molecule has 0 saturated heterocycles. The van der Waals surface area contributed by atoms with Crippen molar-refractivity contribution in [3.63, 3.8) is 0 Å². The van der Waals surface area contributed by atoms with Gasteiger partial charge in [0, 0.05) is 5.56 Å². The lowest BCUT2D eigenvalue weighted by Crippen LogP contribution is -2.29. The Labute approximate surface area is 134 Å². The van der Waals surface area contributed by atoms with Crippen LogP contribution < -0.4 is 5.32 Å². The molecule has 1 unspecified atom stereocenters. The van der Waals surface area contributed by atoms with Crippen molar-refractivity contribution in [2.45, 2.75) is 6.04 Å². The molecule has 0 aromatic heterocycles. The molecule has 0 aliphatic heterocycles. The van der Waals surface area contributed by atoms with Gasteiger partial charge in [-0.3, -0.25) is 4.79 Å². The summed E-state index contributed by atoms with van der Waals surface area (Å²) in [7, 11) is 0. The number of fused-ring (bicyclic) bond motifs is 1. The molecule has 3 aromatic rings. The summed E-state index contributed by atoms with van der Waals surface area (Å²) in [6.07, 6.45) is 1.30. The van der Waals surface area contributed by atoms with Crippen molar-refractivity contribution in [2.75, 3.05) is 0 Å². The van der Waals surface area contributed by atoms with Gasteiger partial charge in [-0.05, 0) is 22.4 Å². The lowest BCUT2D eigenvalue weighted by molar-refractivity contribution is 0.0948. The Morgan fingerprint density at radius 2 is 1.65 bits per heavy atom. The third-order valence-electron chi connectivity index (χ3n) is 3.70. The molecule has 3 rings (SSSR count). The number of rotatable bonds is 4. The maximum Gasteiger partial charge on any atom is 0.252 e. The minimum Gasteiger partial charge on any atom is -0.411 e. The fourth-order valence-corrected chi connectivity index (χ4v) is 2.58. The van der Waals surface area contributed by atoms with E-state index >= 15 is 0 Å². The van der Waals surface area contributed by atoms with Gasteiger partial charge in [0.15, 0.2) is 0 Å². The first-order valence-electron chi connectivity index (χ1n) is 7.31. The van der Waals surface area contributed by atoms with Crippen molar-refractivity contribution in [1.29, 1.82) is 0 Å². The standard InChI is InChI=1S/C19H16N2O2/c22-19(17-12-6-10-14-7-4-5-11-16(14)17)21-18(13-20-23)15-8-2-1-3-9-15/h1-13,18,23H,(H,21,22)/b20-13+. The van der Waals surface area contributed by atoms with E-state index in [9.17, 15) is 4.79 Å². The minimum atomic E-state index is -0.493. The third-order valence-corrected chi connectivity index (χ3v) is 3.70. The summed E-state index contributed by atoms with van der Waals surface area (Å²) in [5, 5.41) is 16.7. The van der Waals surface area contributed by atoms with Crippen LogP contribution in [0.25, 0.3) is 10.8 Å². The maximum atomic E-state index is 12.7. The quantitative estimate of drug-likeness (QED) is 0.438. The highest BCUT2D eigenvalue weighted by atomic mass is 16.4. The summed E-state index contributed by atoms with van der Waals surface area (Å²) in [5.74, 6) is -0.212. The molecule has 114 valence electrons. The van der Waals surface area contributed by atoms with Crippen molar-refractivity contribution in [2.24, 2.45) is 5.16 Å². The summed E-state index contributed by atoms with van der Waals surface area (Å²) in [5.41, 5.74) is 1.44. The smallest absolute Gasteiger partial charge is 0.252 e. The molecular formula is C19H16N2O2. The van der Waals surface area contributed by atoms with E-state index in [4.69, 9.17) is 5.21 Å². The average Bonchev–Trinajstić information content (AvgIpc) is 2.61. The van der Waals surface area contributed by atoms with Crippen molar-refractivity contribution in [3.05, 3.63) is 83.9 Å². The van der Waals surface area contributed by atoms with Gasteiger partial charge in [-0.1, -0.05) is 71.9 Å². The van der Waals surface area contributed by atoms with Crippen molar-refractivity contribution >= 4 is 22.9 Å². The van der Waals surface area contributed by atoms with Crippen molar-refractivity contribution in [3.8, 4) is 0 Å². The molecule has 2 N–H and O–H groups in total. The van der Waals surface area contributed by atoms with E-state index in [2.05, 4.69) is 10.5 Å². The Kier molecular flexibility index (Phi) is 4.34. The number of carbonyl (C=O) groups excluding carboxylic acids is 1. The number of benzene rings is 3. The van der Waals surface area contributed by atoms with Crippen molar-refractivity contribution in [1.82, 2.24) is 5.32 Å². The summed E-state index contributed by atoms with van der Waals surface area (Å²) >= 11 is 0. The number of hydrogen-bond donors (Lipinski definition) is 2. The molecule has 23 heavy (non-hydrogen) atoms. The predicted octanol–water partition coefficient (Wildman–Crippen LogP) is 3.77. The third kappa shape index (κ3) is 3.21. The number of carbonyl (C=O) groups is 1. The maximum absolute atomic E-state index is 12.7. The Morgan fingerprint density at radius 1 is 0.957 bits per heavy atom. The van der Waals surface area contributed by atoms with E-state index in [1.807, 2.05) is 66.7 Å². The SMILES string of the molecule is O=C(NC(/C=N/O)c1ccccc1)c1cccc2ccccc12. The topological polar surface area (TPSA) is 61.7 Å². The van der Waals surface area contributed by atoms with Crippen LogP contribution >= 0.6 is 0 Å². The van der Waals surface area contributed by atoms with Crippen LogP contribution in [0.3, 0.4) is 0 Å². The van der Waals surface area contributed by atoms with Crippen LogP contribution in [0, 0.1) is 0 Å². The number of amides is 1. The van der Waals surface area contributed by atoms with E-state index in [-0.39, 0.29) is 5.91 Å². The van der Waals surface area contributed by atoms with Gasteiger partial charge in [-0.25, -0.2) is 0 Å². The predicted molar refractivity (Wildman–Crippen MR) is 90.9 cm³/mol. The molecule has 0 heterocycles. The van der Waals surface area contributed by atoms with Gasteiger partial charge in [0.2, 0.25) is 0 Å². The second kappa shape index (κ2) is 6.75. The fraction of sp³-hybridized carbons (Fsp3) is 0.0526. The highest BCUT2D eigenvalue weighted by Crippen LogP contribution is 2.19. The normalized spacial score (nSPS) is 12.3. The van der Waals surface area contributed by atoms with Gasteiger partial charge in [0.1, 0.15) is 0 Å². The molecule has 3 aromatic carbocycles. The second-order valence-electron chi connectivity index (χ2n) is 5.15. The van der Waals surface area contributed by atoms with E-state index in [0.717, 1.165) is 16.3 Å². The van der Waals surface area contributed by atoms with Crippen LogP contribution in [0.2, 0.25) is 0 Å². The summed E-state index contributed by atoms with van der Waals surface area (Å²) in [6.45, 7) is 0. The number of oxime groups is 1. The molecule has 4 nitrogen and oxygen atoms in total. The monoisotopic (exact) mass is 304 g/mol. The van der Waals surface area contributed by atoms with Crippen LogP contribution in [0.15, 0.2) is 78.0 Å². The molecule has 0 bridgehead atoms. The summed E-state index contributed by atoms with van der Waals surface area (Å²) in [6, 6.07) is 22.2. The van der Waals surface area contributed by atoms with Crippen LogP contribution in [0.4, 0.5) is 0 Å². The summed E-state index contributed by atoms with van der Waals surface area (Å²) in [4.78, 5) is 12.7. The Balaban J connectivity index is 1.93. The van der Waals surface area contributed by atoms with Crippen LogP contribution in [0.5, 0.6) is 0 Å². The van der Waals surface area contributed by atoms with E-state index < -0.39 is 6.04 Å². The zero-order chi connectivity index (χ0) is 16.1. The number of hydrogen-bond acceptors (Lipinski definition) is 3. The average molecular weight is 304 g/mol. The zero-order valence-corrected chi connectivity index (χ0v) is 12.4. The van der Waals surface area contributed by atoms with E-state index in [0.29, 0.717) is 5.56 Å². The Bertz CT molecular complexity index is 839. The van der Waals surface area contributed by atoms with Gasteiger partial charge in [-0.15, -0.1) is 0 Å². The first-order chi connectivity index (χ1) is 11.3. The Morgan fingerprint density at radius 3 is 2.43 bits per heavy atom. The molecule has 0 spiro atoms. The van der Waals surface area contributed by atoms with E-state index in [1.165, 1.54) is 6.21 Å². The van der Waals surface area contributed by atoms with Crippen LogP contribution in [0.1, 0.15) is 22.0 Å². The molecule has 4 heteroatoms. The van der Waals surface area contributed by atoms with Gasteiger partial charge < -0.3 is 10.5 Å². The molecule has 0 aliphatic carbocycles. The highest BCUT2D eigenvalue weighted by molar-refractivity contribution is 6.07. The molecule has 1 atom stereocenters. The Hall–Kier alpha value is -3.14. The molecular weight excluding hydrogens is 288 g/mol. The highest BCUT2D eigenvalue weighted by Gasteiger charge is 2.15. The molecule has 1 amide bonds.